The van der Waals surface area contributed by atoms with Crippen molar-refractivity contribution in [1.82, 2.24) is 0 Å². The summed E-state index contributed by atoms with van der Waals surface area (Å²) in [6, 6.07) is 0. The number of aliphatic hydroxyl groups is 2. The van der Waals surface area contributed by atoms with Crippen LogP contribution in [0.5, 0.6) is 0 Å². The van der Waals surface area contributed by atoms with Crippen LogP contribution in [0.2, 0.25) is 0 Å². The van der Waals surface area contributed by atoms with Crippen LogP contribution >= 0.6 is 0 Å². The first kappa shape index (κ1) is 16.8. The maximum atomic E-state index is 9.44. The van der Waals surface area contributed by atoms with E-state index in [9.17, 15) is 10.2 Å². The molecule has 0 saturated heterocycles. The van der Waals surface area contributed by atoms with Crippen molar-refractivity contribution in [2.24, 2.45) is 0 Å². The summed E-state index contributed by atoms with van der Waals surface area (Å²) in [4.78, 5) is 0. The lowest BCUT2D eigenvalue weighted by Gasteiger charge is -2.14. The molecule has 0 aliphatic carbocycles. The summed E-state index contributed by atoms with van der Waals surface area (Å²) in [6.07, 6.45) is 0.595. The van der Waals surface area contributed by atoms with Crippen molar-refractivity contribution in [3.63, 3.8) is 0 Å². The maximum Gasteiger partial charge on any atom is 0.101 e. The Morgan fingerprint density at radius 2 is 1.06 bits per heavy atom. The minimum Gasteiger partial charge on any atom is -0.388 e. The Morgan fingerprint density at radius 3 is 1.41 bits per heavy atom. The zero-order chi connectivity index (χ0) is 12.9. The fourth-order valence-electron chi connectivity index (χ4n) is 1.16. The normalized spacial score (nSPS) is 14.8. The third kappa shape index (κ3) is 12.1. The van der Waals surface area contributed by atoms with E-state index in [4.69, 9.17) is 14.2 Å². The van der Waals surface area contributed by atoms with Crippen molar-refractivity contribution in [3.8, 4) is 0 Å². The van der Waals surface area contributed by atoms with Gasteiger partial charge in [0.05, 0.1) is 26.4 Å². The lowest BCUT2D eigenvalue weighted by Crippen LogP contribution is -2.27. The van der Waals surface area contributed by atoms with E-state index in [0.29, 0.717) is 13.2 Å². The molecular formula is C12H26O5. The summed E-state index contributed by atoms with van der Waals surface area (Å²) < 4.78 is 15.5. The quantitative estimate of drug-likeness (QED) is 0.496. The Kier molecular flexibility index (Phi) is 12.1. The largest absolute Gasteiger partial charge is 0.388 e. The molecule has 2 N–H and O–H groups in total. The van der Waals surface area contributed by atoms with Gasteiger partial charge in [-0.25, -0.2) is 0 Å². The zero-order valence-electron chi connectivity index (χ0n) is 10.9. The Hall–Kier alpha value is -0.200. The summed E-state index contributed by atoms with van der Waals surface area (Å²) in [6.45, 7) is 6.20. The molecule has 0 aliphatic rings. The Morgan fingerprint density at radius 1 is 0.706 bits per heavy atom. The second-order valence-corrected chi connectivity index (χ2v) is 3.99. The molecule has 2 unspecified atom stereocenters. The van der Waals surface area contributed by atoms with Gasteiger partial charge in [-0.2, -0.15) is 0 Å². The van der Waals surface area contributed by atoms with Crippen molar-refractivity contribution in [3.05, 3.63) is 0 Å². The molecule has 0 heterocycles. The van der Waals surface area contributed by atoms with Gasteiger partial charge in [-0.3, -0.25) is 0 Å². The predicted octanol–water partition coefficient (Wildman–Crippen LogP) is 0.578. The third-order valence-electron chi connectivity index (χ3n) is 1.94. The van der Waals surface area contributed by atoms with Gasteiger partial charge in [0.2, 0.25) is 0 Å². The van der Waals surface area contributed by atoms with Crippen molar-refractivity contribution in [1.29, 1.82) is 0 Å². The number of hydrogen-bond acceptors (Lipinski definition) is 5. The minimum atomic E-state index is -0.634. The zero-order valence-corrected chi connectivity index (χ0v) is 10.9. The van der Waals surface area contributed by atoms with Crippen LogP contribution in [0.25, 0.3) is 0 Å². The Labute approximate surface area is 104 Å². The Balaban J connectivity index is 3.29. The SMILES string of the molecule is CCCOCC(O)COCC(O)COCCC. The molecule has 5 nitrogen and oxygen atoms in total. The van der Waals surface area contributed by atoms with Gasteiger partial charge in [0.25, 0.3) is 0 Å². The van der Waals surface area contributed by atoms with E-state index >= 15 is 0 Å². The van der Waals surface area contributed by atoms with Gasteiger partial charge in [0, 0.05) is 13.2 Å². The van der Waals surface area contributed by atoms with Crippen molar-refractivity contribution >= 4 is 0 Å². The monoisotopic (exact) mass is 250 g/mol. The molecule has 0 fully saturated rings. The maximum absolute atomic E-state index is 9.44. The van der Waals surface area contributed by atoms with Crippen LogP contribution in [0.15, 0.2) is 0 Å². The molecule has 0 aromatic rings. The summed E-state index contributed by atoms with van der Waals surface area (Å²) in [5.74, 6) is 0. The molecule has 0 aromatic carbocycles. The minimum absolute atomic E-state index is 0.175. The number of hydrogen-bond donors (Lipinski definition) is 2. The highest BCUT2D eigenvalue weighted by atomic mass is 16.5. The molecule has 0 amide bonds. The molecular weight excluding hydrogens is 224 g/mol. The molecule has 2 atom stereocenters. The van der Waals surface area contributed by atoms with Crippen LogP contribution in [0.1, 0.15) is 26.7 Å². The number of rotatable bonds is 12. The summed E-state index contributed by atoms with van der Waals surface area (Å²) >= 11 is 0. The highest BCUT2D eigenvalue weighted by Crippen LogP contribution is 1.93. The van der Waals surface area contributed by atoms with Crippen LogP contribution in [0.4, 0.5) is 0 Å². The fourth-order valence-corrected chi connectivity index (χ4v) is 1.16. The summed E-state index contributed by atoms with van der Waals surface area (Å²) in [5.41, 5.74) is 0. The van der Waals surface area contributed by atoms with Crippen LogP contribution in [-0.2, 0) is 14.2 Å². The molecule has 17 heavy (non-hydrogen) atoms. The second kappa shape index (κ2) is 12.3. The number of ether oxygens (including phenoxy) is 3. The first-order valence-corrected chi connectivity index (χ1v) is 6.30. The molecule has 0 spiro atoms. The van der Waals surface area contributed by atoms with E-state index < -0.39 is 12.2 Å². The van der Waals surface area contributed by atoms with E-state index in [-0.39, 0.29) is 26.4 Å². The third-order valence-corrected chi connectivity index (χ3v) is 1.94. The lowest BCUT2D eigenvalue weighted by atomic mass is 10.4. The van der Waals surface area contributed by atoms with Crippen molar-refractivity contribution in [2.45, 2.75) is 38.9 Å². The molecule has 0 aromatic heterocycles. The van der Waals surface area contributed by atoms with Gasteiger partial charge in [-0.05, 0) is 12.8 Å². The average molecular weight is 250 g/mol. The molecule has 0 aliphatic heterocycles. The van der Waals surface area contributed by atoms with Crippen molar-refractivity contribution in [2.75, 3.05) is 39.6 Å². The standard InChI is InChI=1S/C12H26O5/c1-3-5-15-7-11(13)9-17-10-12(14)8-16-6-4-2/h11-14H,3-10H2,1-2H3. The molecule has 0 bridgehead atoms. The molecule has 5 heteroatoms. The molecule has 104 valence electrons. The first-order chi connectivity index (χ1) is 8.20. The first-order valence-electron chi connectivity index (χ1n) is 6.30. The van der Waals surface area contributed by atoms with Crippen LogP contribution in [-0.4, -0.2) is 62.1 Å². The average Bonchev–Trinajstić information content (AvgIpc) is 2.30. The van der Waals surface area contributed by atoms with Crippen molar-refractivity contribution < 1.29 is 24.4 Å². The summed E-state index contributed by atoms with van der Waals surface area (Å²) in [5, 5.41) is 18.9. The molecule has 0 radical (unpaired) electrons. The van der Waals surface area contributed by atoms with Gasteiger partial charge in [-0.15, -0.1) is 0 Å². The van der Waals surface area contributed by atoms with Gasteiger partial charge >= 0.3 is 0 Å². The van der Waals surface area contributed by atoms with Gasteiger partial charge in [0.1, 0.15) is 12.2 Å². The van der Waals surface area contributed by atoms with Crippen LogP contribution in [0, 0.1) is 0 Å². The van der Waals surface area contributed by atoms with E-state index in [2.05, 4.69) is 0 Å². The van der Waals surface area contributed by atoms with E-state index in [1.54, 1.807) is 0 Å². The highest BCUT2D eigenvalue weighted by Gasteiger charge is 2.08. The summed E-state index contributed by atoms with van der Waals surface area (Å²) in [7, 11) is 0. The van der Waals surface area contributed by atoms with Gasteiger partial charge in [-0.1, -0.05) is 13.8 Å². The van der Waals surface area contributed by atoms with Crippen LogP contribution in [0.3, 0.4) is 0 Å². The smallest absolute Gasteiger partial charge is 0.101 e. The highest BCUT2D eigenvalue weighted by molar-refractivity contribution is 4.55. The van der Waals surface area contributed by atoms with Gasteiger partial charge < -0.3 is 24.4 Å². The lowest BCUT2D eigenvalue weighted by molar-refractivity contribution is -0.0561. The molecule has 0 rings (SSSR count). The molecule has 0 saturated carbocycles. The van der Waals surface area contributed by atoms with E-state index in [1.807, 2.05) is 13.8 Å². The fraction of sp³-hybridized carbons (Fsp3) is 1.00. The second-order valence-electron chi connectivity index (χ2n) is 3.99. The number of aliphatic hydroxyl groups excluding tert-OH is 2. The van der Waals surface area contributed by atoms with E-state index in [1.165, 1.54) is 0 Å². The topological polar surface area (TPSA) is 68.2 Å². The predicted molar refractivity (Wildman–Crippen MR) is 65.1 cm³/mol. The van der Waals surface area contributed by atoms with Crippen LogP contribution < -0.4 is 0 Å². The van der Waals surface area contributed by atoms with Gasteiger partial charge in [0.15, 0.2) is 0 Å². The Bertz CT molecular complexity index is 138. The van der Waals surface area contributed by atoms with E-state index in [0.717, 1.165) is 12.8 Å².